The van der Waals surface area contributed by atoms with Gasteiger partial charge in [-0.3, -0.25) is 4.79 Å². The molecule has 0 aliphatic heterocycles. The molecule has 0 unspecified atom stereocenters. The van der Waals surface area contributed by atoms with Gasteiger partial charge in [0.05, 0.1) is 12.2 Å². The van der Waals surface area contributed by atoms with Crippen LogP contribution in [0.25, 0.3) is 5.65 Å². The Balaban J connectivity index is 1.14. The molecule has 2 saturated carbocycles. The first-order valence-electron chi connectivity index (χ1n) is 12.2. The smallest absolute Gasteiger partial charge is 0.229 e. The van der Waals surface area contributed by atoms with Crippen molar-refractivity contribution in [2.75, 3.05) is 17.7 Å². The zero-order valence-corrected chi connectivity index (χ0v) is 20.7. The van der Waals surface area contributed by atoms with Crippen LogP contribution in [-0.2, 0) is 22.7 Å². The van der Waals surface area contributed by atoms with Crippen molar-refractivity contribution in [1.29, 1.82) is 0 Å². The second kappa shape index (κ2) is 9.52. The first-order valence-corrected chi connectivity index (χ1v) is 12.6. The van der Waals surface area contributed by atoms with Crippen LogP contribution in [0, 0.1) is 5.92 Å². The number of hydrogen-bond donors (Lipinski definition) is 2. The van der Waals surface area contributed by atoms with Crippen molar-refractivity contribution in [3.05, 3.63) is 82.5 Å². The Morgan fingerprint density at radius 2 is 1.94 bits per heavy atom. The number of aromatic nitrogens is 4. The first kappa shape index (κ1) is 22.9. The van der Waals surface area contributed by atoms with Gasteiger partial charge in [-0.05, 0) is 60.4 Å². The number of carbonyl (C=O) groups excluding carboxylic acids is 1. The number of hydrogen-bond acceptors (Lipinski definition) is 6. The van der Waals surface area contributed by atoms with Crippen LogP contribution in [0.15, 0.2) is 54.9 Å². The molecule has 0 bridgehead atoms. The maximum atomic E-state index is 12.9. The molecule has 36 heavy (non-hydrogen) atoms. The number of nitrogens with one attached hydrogen (secondary N) is 2. The van der Waals surface area contributed by atoms with Gasteiger partial charge in [0.15, 0.2) is 5.82 Å². The zero-order chi connectivity index (χ0) is 24.6. The highest BCUT2D eigenvalue weighted by Crippen LogP contribution is 2.48. The Morgan fingerprint density at radius 3 is 2.75 bits per heavy atom. The monoisotopic (exact) mass is 502 g/mol. The minimum absolute atomic E-state index is 0.0557. The Kier molecular flexibility index (Phi) is 6.07. The van der Waals surface area contributed by atoms with Gasteiger partial charge in [-0.25, -0.2) is 15.0 Å². The lowest BCUT2D eigenvalue weighted by Gasteiger charge is -2.10. The van der Waals surface area contributed by atoms with E-state index < -0.39 is 0 Å². The van der Waals surface area contributed by atoms with Gasteiger partial charge in [0, 0.05) is 36.5 Å². The molecular formula is C27H27ClN6O2. The molecule has 9 heteroatoms. The normalized spacial score (nSPS) is 18.8. The van der Waals surface area contributed by atoms with Crippen LogP contribution in [0.3, 0.4) is 0 Å². The van der Waals surface area contributed by atoms with Crippen LogP contribution < -0.4 is 10.6 Å². The van der Waals surface area contributed by atoms with Crippen LogP contribution in [-0.4, -0.2) is 32.4 Å². The van der Waals surface area contributed by atoms with Gasteiger partial charge >= 0.3 is 0 Å². The van der Waals surface area contributed by atoms with E-state index in [9.17, 15) is 4.79 Å². The third-order valence-corrected chi connectivity index (χ3v) is 6.96. The average molecular weight is 503 g/mol. The molecule has 6 rings (SSSR count). The summed E-state index contributed by atoms with van der Waals surface area (Å²) in [7, 11) is 1.59. The summed E-state index contributed by atoms with van der Waals surface area (Å²) in [5.74, 6) is 2.26. The van der Waals surface area contributed by atoms with Gasteiger partial charge in [0.1, 0.15) is 23.9 Å². The predicted molar refractivity (Wildman–Crippen MR) is 138 cm³/mol. The number of methoxy groups -OCH3 is 1. The SMILES string of the molecule is COCc1nc(NCc2cn3cc(C4CC4)ccc3n2)cc(NC(=O)[C@H]2C[C@@H]2c2cccc(Cl)c2)n1. The summed E-state index contributed by atoms with van der Waals surface area (Å²) in [6, 6.07) is 13.7. The summed E-state index contributed by atoms with van der Waals surface area (Å²) in [5, 5.41) is 6.97. The number of pyridine rings is 1. The number of imidazole rings is 1. The van der Waals surface area contributed by atoms with Crippen molar-refractivity contribution in [2.45, 2.75) is 44.2 Å². The van der Waals surface area contributed by atoms with E-state index in [0.717, 1.165) is 23.3 Å². The maximum absolute atomic E-state index is 12.9. The number of carbonyl (C=O) groups is 1. The van der Waals surface area contributed by atoms with E-state index in [2.05, 4.69) is 43.3 Å². The maximum Gasteiger partial charge on any atom is 0.229 e. The van der Waals surface area contributed by atoms with E-state index in [4.69, 9.17) is 21.3 Å². The van der Waals surface area contributed by atoms with Gasteiger partial charge in [-0.1, -0.05) is 29.8 Å². The number of amides is 1. The van der Waals surface area contributed by atoms with Gasteiger partial charge in [0.25, 0.3) is 0 Å². The molecular weight excluding hydrogens is 476 g/mol. The molecule has 8 nitrogen and oxygen atoms in total. The number of benzene rings is 1. The number of ether oxygens (including phenoxy) is 1. The molecule has 2 aliphatic rings. The molecule has 2 aliphatic carbocycles. The summed E-state index contributed by atoms with van der Waals surface area (Å²) in [6.07, 6.45) is 7.55. The standard InChI is InChI=1S/C27H27ClN6O2/c1-36-15-25-31-23(29-12-20-14-34-13-18(16-5-6-16)7-8-26(34)30-20)11-24(32-25)33-27(35)22-10-21(22)17-3-2-4-19(28)9-17/h2-4,7-9,11,13-14,16,21-22H,5-6,10,12,15H2,1H3,(H2,29,31,32,33,35)/t21-,22+/m1/s1. The highest BCUT2D eigenvalue weighted by molar-refractivity contribution is 6.30. The molecule has 2 atom stereocenters. The lowest BCUT2D eigenvalue weighted by atomic mass is 10.1. The number of nitrogens with zero attached hydrogens (tertiary/aromatic N) is 4. The third-order valence-electron chi connectivity index (χ3n) is 6.72. The lowest BCUT2D eigenvalue weighted by Crippen LogP contribution is -2.17. The Bertz CT molecular complexity index is 1430. The third kappa shape index (κ3) is 5.05. The minimum Gasteiger partial charge on any atom is -0.377 e. The molecule has 1 amide bonds. The summed E-state index contributed by atoms with van der Waals surface area (Å²) in [6.45, 7) is 0.738. The molecule has 1 aromatic carbocycles. The molecule has 4 aromatic rings. The first-order chi connectivity index (χ1) is 17.6. The number of rotatable bonds is 9. The van der Waals surface area contributed by atoms with E-state index in [1.165, 1.54) is 18.4 Å². The summed E-state index contributed by atoms with van der Waals surface area (Å²) < 4.78 is 7.32. The summed E-state index contributed by atoms with van der Waals surface area (Å²) >= 11 is 6.11. The quantitative estimate of drug-likeness (QED) is 0.328. The minimum atomic E-state index is -0.0979. The van der Waals surface area contributed by atoms with Crippen molar-refractivity contribution < 1.29 is 9.53 Å². The molecule has 2 N–H and O–H groups in total. The lowest BCUT2D eigenvalue weighted by molar-refractivity contribution is -0.117. The fourth-order valence-electron chi connectivity index (χ4n) is 4.64. The molecule has 0 saturated heterocycles. The van der Waals surface area contributed by atoms with Crippen molar-refractivity contribution in [3.8, 4) is 0 Å². The van der Waals surface area contributed by atoms with Gasteiger partial charge in [-0.2, -0.15) is 0 Å². The van der Waals surface area contributed by atoms with E-state index in [1.807, 2.05) is 30.5 Å². The number of anilines is 2. The number of fused-ring (bicyclic) bond motifs is 1. The second-order valence-corrected chi connectivity index (χ2v) is 10.0. The van der Waals surface area contributed by atoms with Crippen molar-refractivity contribution in [1.82, 2.24) is 19.4 Å². The van der Waals surface area contributed by atoms with Crippen molar-refractivity contribution in [2.24, 2.45) is 5.92 Å². The van der Waals surface area contributed by atoms with E-state index in [-0.39, 0.29) is 24.3 Å². The molecule has 0 radical (unpaired) electrons. The zero-order valence-electron chi connectivity index (χ0n) is 19.9. The summed E-state index contributed by atoms with van der Waals surface area (Å²) in [4.78, 5) is 26.6. The molecule has 184 valence electrons. The van der Waals surface area contributed by atoms with Crippen LogP contribution in [0.5, 0.6) is 0 Å². The van der Waals surface area contributed by atoms with Gasteiger partial charge < -0.3 is 19.8 Å². The van der Waals surface area contributed by atoms with Gasteiger partial charge in [0.2, 0.25) is 5.91 Å². The van der Waals surface area contributed by atoms with Crippen molar-refractivity contribution >= 4 is 34.8 Å². The largest absolute Gasteiger partial charge is 0.377 e. The van der Waals surface area contributed by atoms with Crippen LogP contribution in [0.2, 0.25) is 5.02 Å². The van der Waals surface area contributed by atoms with Gasteiger partial charge in [-0.15, -0.1) is 0 Å². The molecule has 2 fully saturated rings. The van der Waals surface area contributed by atoms with Crippen LogP contribution in [0.4, 0.5) is 11.6 Å². The molecule has 0 spiro atoms. The fourth-order valence-corrected chi connectivity index (χ4v) is 4.84. The van der Waals surface area contributed by atoms with Crippen LogP contribution >= 0.6 is 11.6 Å². The summed E-state index contributed by atoms with van der Waals surface area (Å²) in [5.41, 5.74) is 4.28. The topological polar surface area (TPSA) is 93.4 Å². The Morgan fingerprint density at radius 1 is 1.08 bits per heavy atom. The highest BCUT2D eigenvalue weighted by Gasteiger charge is 2.44. The Hall–Kier alpha value is -3.49. The molecule has 3 aromatic heterocycles. The number of halogens is 1. The van der Waals surface area contributed by atoms with E-state index in [0.29, 0.717) is 34.9 Å². The fraction of sp³-hybridized carbons (Fsp3) is 0.333. The van der Waals surface area contributed by atoms with Crippen molar-refractivity contribution in [3.63, 3.8) is 0 Å². The van der Waals surface area contributed by atoms with E-state index in [1.54, 1.807) is 13.2 Å². The second-order valence-electron chi connectivity index (χ2n) is 9.57. The van der Waals surface area contributed by atoms with E-state index >= 15 is 0 Å². The Labute approximate surface area is 214 Å². The highest BCUT2D eigenvalue weighted by atomic mass is 35.5. The average Bonchev–Trinajstić information content (AvgIpc) is 3.79. The van der Waals surface area contributed by atoms with Crippen LogP contribution in [0.1, 0.15) is 53.7 Å². The predicted octanol–water partition coefficient (Wildman–Crippen LogP) is 5.16. The molecule has 3 heterocycles.